The third-order valence-corrected chi connectivity index (χ3v) is 2.42. The summed E-state index contributed by atoms with van der Waals surface area (Å²) >= 11 is 3.36. The van der Waals surface area contributed by atoms with E-state index in [2.05, 4.69) is 15.9 Å². The third kappa shape index (κ3) is 4.34. The Morgan fingerprint density at radius 1 is 1.53 bits per heavy atom. The van der Waals surface area contributed by atoms with Gasteiger partial charge in [-0.15, -0.1) is 0 Å². The Labute approximate surface area is 97.2 Å². The van der Waals surface area contributed by atoms with Crippen LogP contribution in [0.4, 0.5) is 0 Å². The summed E-state index contributed by atoms with van der Waals surface area (Å²) in [6.07, 6.45) is 0.681. The Kier molecular flexibility index (Phi) is 4.62. The summed E-state index contributed by atoms with van der Waals surface area (Å²) in [6.45, 7) is 2.39. The quantitative estimate of drug-likeness (QED) is 0.839. The number of aliphatic carboxylic acids is 1. The van der Waals surface area contributed by atoms with Gasteiger partial charge in [0.25, 0.3) is 0 Å². The summed E-state index contributed by atoms with van der Waals surface area (Å²) in [5.74, 6) is 0.0229. The molecule has 0 radical (unpaired) electrons. The lowest BCUT2D eigenvalue weighted by Gasteiger charge is -2.08. The highest BCUT2D eigenvalue weighted by Crippen LogP contribution is 2.22. The summed E-state index contributed by atoms with van der Waals surface area (Å²) in [5.41, 5.74) is 1.04. The van der Waals surface area contributed by atoms with Crippen molar-refractivity contribution in [1.82, 2.24) is 0 Å². The van der Waals surface area contributed by atoms with Gasteiger partial charge < -0.3 is 9.84 Å². The first kappa shape index (κ1) is 12.0. The minimum absolute atomic E-state index is 0.148. The fraction of sp³-hybridized carbons (Fsp3) is 0.364. The summed E-state index contributed by atoms with van der Waals surface area (Å²) in [5, 5.41) is 8.44. The largest absolute Gasteiger partial charge is 0.493 e. The molecule has 0 aliphatic rings. The maximum absolute atomic E-state index is 10.3. The second-order valence-electron chi connectivity index (χ2n) is 3.26. The van der Waals surface area contributed by atoms with Crippen LogP contribution in [0.3, 0.4) is 0 Å². The average Bonchev–Trinajstić information content (AvgIpc) is 2.14. The summed E-state index contributed by atoms with van der Waals surface area (Å²) in [7, 11) is 0. The molecule has 0 aliphatic heterocycles. The maximum Gasteiger partial charge on any atom is 0.303 e. The molecule has 0 atom stereocenters. The molecule has 0 spiro atoms. The van der Waals surface area contributed by atoms with E-state index in [1.165, 1.54) is 0 Å². The van der Waals surface area contributed by atoms with Crippen molar-refractivity contribution in [3.8, 4) is 5.75 Å². The van der Waals surface area contributed by atoms with Gasteiger partial charge in [0.1, 0.15) is 5.75 Å². The van der Waals surface area contributed by atoms with Crippen LogP contribution >= 0.6 is 15.9 Å². The zero-order chi connectivity index (χ0) is 11.3. The summed E-state index contributed by atoms with van der Waals surface area (Å²) < 4.78 is 6.47. The van der Waals surface area contributed by atoms with Crippen molar-refractivity contribution in [2.24, 2.45) is 0 Å². The fourth-order valence-electron chi connectivity index (χ4n) is 1.18. The highest BCUT2D eigenvalue weighted by molar-refractivity contribution is 9.10. The Morgan fingerprint density at radius 3 is 2.87 bits per heavy atom. The predicted octanol–water partition coefficient (Wildman–Crippen LogP) is 3.00. The van der Waals surface area contributed by atoms with Gasteiger partial charge in [-0.25, -0.2) is 0 Å². The number of ether oxygens (including phenoxy) is 1. The van der Waals surface area contributed by atoms with E-state index in [0.717, 1.165) is 15.8 Å². The smallest absolute Gasteiger partial charge is 0.303 e. The Balaban J connectivity index is 2.40. The van der Waals surface area contributed by atoms with Crippen molar-refractivity contribution < 1.29 is 14.6 Å². The van der Waals surface area contributed by atoms with Gasteiger partial charge in [-0.05, 0) is 37.1 Å². The summed E-state index contributed by atoms with van der Waals surface area (Å²) in [6, 6.07) is 5.74. The molecule has 4 heteroatoms. The molecule has 0 amide bonds. The zero-order valence-electron chi connectivity index (χ0n) is 8.50. The maximum atomic E-state index is 10.3. The standard InChI is InChI=1S/C11H13BrO3/c1-8-7-9(12)4-5-10(8)15-6-2-3-11(13)14/h4-5,7H,2-3,6H2,1H3,(H,13,14). The molecule has 0 aromatic heterocycles. The SMILES string of the molecule is Cc1cc(Br)ccc1OCCCC(=O)O. The highest BCUT2D eigenvalue weighted by Gasteiger charge is 2.01. The third-order valence-electron chi connectivity index (χ3n) is 1.93. The van der Waals surface area contributed by atoms with Crippen molar-refractivity contribution in [2.45, 2.75) is 19.8 Å². The number of carboxylic acids is 1. The normalized spacial score (nSPS) is 10.0. The molecular weight excluding hydrogens is 260 g/mol. The monoisotopic (exact) mass is 272 g/mol. The van der Waals surface area contributed by atoms with Crippen LogP contribution in [-0.2, 0) is 4.79 Å². The van der Waals surface area contributed by atoms with Gasteiger partial charge in [-0.1, -0.05) is 15.9 Å². The molecule has 0 aliphatic carbocycles. The Bertz CT molecular complexity index is 350. The van der Waals surface area contributed by atoms with Crippen LogP contribution in [0.5, 0.6) is 5.75 Å². The van der Waals surface area contributed by atoms with Gasteiger partial charge in [0.15, 0.2) is 0 Å². The molecule has 0 saturated carbocycles. The highest BCUT2D eigenvalue weighted by atomic mass is 79.9. The second-order valence-corrected chi connectivity index (χ2v) is 4.17. The molecule has 0 saturated heterocycles. The molecule has 1 aromatic rings. The number of rotatable bonds is 5. The predicted molar refractivity (Wildman–Crippen MR) is 61.2 cm³/mol. The topological polar surface area (TPSA) is 46.5 Å². The van der Waals surface area contributed by atoms with Gasteiger partial charge in [0.2, 0.25) is 0 Å². The van der Waals surface area contributed by atoms with Gasteiger partial charge in [0, 0.05) is 10.9 Å². The van der Waals surface area contributed by atoms with Crippen molar-refractivity contribution in [3.05, 3.63) is 28.2 Å². The first-order valence-corrected chi connectivity index (χ1v) is 5.49. The van der Waals surface area contributed by atoms with Gasteiger partial charge in [0.05, 0.1) is 6.61 Å². The molecule has 0 bridgehead atoms. The molecule has 3 nitrogen and oxygen atoms in total. The van der Waals surface area contributed by atoms with E-state index in [0.29, 0.717) is 13.0 Å². The Hall–Kier alpha value is -1.03. The van der Waals surface area contributed by atoms with Crippen LogP contribution in [0.25, 0.3) is 0 Å². The molecule has 15 heavy (non-hydrogen) atoms. The number of hydrogen-bond donors (Lipinski definition) is 1. The molecule has 82 valence electrons. The van der Waals surface area contributed by atoms with Crippen LogP contribution in [0, 0.1) is 6.92 Å². The second kappa shape index (κ2) is 5.75. The van der Waals surface area contributed by atoms with E-state index >= 15 is 0 Å². The lowest BCUT2D eigenvalue weighted by Crippen LogP contribution is -2.02. The van der Waals surface area contributed by atoms with Gasteiger partial charge in [-0.2, -0.15) is 0 Å². The van der Waals surface area contributed by atoms with Crippen LogP contribution < -0.4 is 4.74 Å². The number of carboxylic acid groups (broad SMARTS) is 1. The molecule has 0 unspecified atom stereocenters. The number of carbonyl (C=O) groups is 1. The average molecular weight is 273 g/mol. The zero-order valence-corrected chi connectivity index (χ0v) is 10.1. The molecular formula is C11H13BrO3. The van der Waals surface area contributed by atoms with Crippen LogP contribution in [0.1, 0.15) is 18.4 Å². The van der Waals surface area contributed by atoms with E-state index in [-0.39, 0.29) is 6.42 Å². The van der Waals surface area contributed by atoms with Crippen molar-refractivity contribution in [3.63, 3.8) is 0 Å². The molecule has 0 fully saturated rings. The van der Waals surface area contributed by atoms with Crippen LogP contribution in [-0.4, -0.2) is 17.7 Å². The van der Waals surface area contributed by atoms with E-state index < -0.39 is 5.97 Å². The molecule has 0 heterocycles. The van der Waals surface area contributed by atoms with Gasteiger partial charge >= 0.3 is 5.97 Å². The molecule has 1 rings (SSSR count). The number of benzene rings is 1. The minimum Gasteiger partial charge on any atom is -0.493 e. The van der Waals surface area contributed by atoms with Crippen molar-refractivity contribution in [2.75, 3.05) is 6.61 Å². The van der Waals surface area contributed by atoms with E-state index in [1.54, 1.807) is 0 Å². The summed E-state index contributed by atoms with van der Waals surface area (Å²) in [4.78, 5) is 10.3. The lowest BCUT2D eigenvalue weighted by atomic mass is 10.2. The van der Waals surface area contributed by atoms with E-state index in [9.17, 15) is 4.79 Å². The number of halogens is 1. The van der Waals surface area contributed by atoms with E-state index in [4.69, 9.17) is 9.84 Å². The Morgan fingerprint density at radius 2 is 2.27 bits per heavy atom. The number of aryl methyl sites for hydroxylation is 1. The first-order valence-electron chi connectivity index (χ1n) is 4.70. The number of hydrogen-bond acceptors (Lipinski definition) is 2. The van der Waals surface area contributed by atoms with E-state index in [1.807, 2.05) is 25.1 Å². The molecule has 1 aromatic carbocycles. The van der Waals surface area contributed by atoms with Gasteiger partial charge in [-0.3, -0.25) is 4.79 Å². The molecule has 1 N–H and O–H groups in total. The lowest BCUT2D eigenvalue weighted by molar-refractivity contribution is -0.137. The fourth-order valence-corrected chi connectivity index (χ4v) is 1.66. The minimum atomic E-state index is -0.786. The van der Waals surface area contributed by atoms with Crippen LogP contribution in [0.15, 0.2) is 22.7 Å². The first-order chi connectivity index (χ1) is 7.09. The van der Waals surface area contributed by atoms with Crippen molar-refractivity contribution in [1.29, 1.82) is 0 Å². The van der Waals surface area contributed by atoms with Crippen LogP contribution in [0.2, 0.25) is 0 Å². The van der Waals surface area contributed by atoms with Crippen molar-refractivity contribution >= 4 is 21.9 Å².